The molecule has 0 spiro atoms. The number of rotatable bonds is 1. The normalized spacial score (nSPS) is 18.6. The average Bonchev–Trinajstić information content (AvgIpc) is 2.95. The van der Waals surface area contributed by atoms with E-state index < -0.39 is 0 Å². The highest BCUT2D eigenvalue weighted by Gasteiger charge is 2.30. The second kappa shape index (κ2) is 5.20. The van der Waals surface area contributed by atoms with E-state index in [4.69, 9.17) is 0 Å². The van der Waals surface area contributed by atoms with Gasteiger partial charge in [-0.3, -0.25) is 4.79 Å². The van der Waals surface area contributed by atoms with Gasteiger partial charge in [0.1, 0.15) is 0 Å². The van der Waals surface area contributed by atoms with Crippen molar-refractivity contribution in [2.75, 3.05) is 23.4 Å². The standard InChI is InChI=1S/C14H16N4OS/c1-10-7-8-17(2)12-5-3-4-6-13(12)18(10)14(19)11-9-20-16-15-11/h3-6,9-10H,7-8H2,1-2H3/t10-/m1/s1. The highest BCUT2D eigenvalue weighted by Crippen LogP contribution is 2.34. The van der Waals surface area contributed by atoms with Gasteiger partial charge in [-0.15, -0.1) is 5.10 Å². The Labute approximate surface area is 122 Å². The van der Waals surface area contributed by atoms with E-state index in [9.17, 15) is 4.79 Å². The molecule has 0 N–H and O–H groups in total. The topological polar surface area (TPSA) is 49.3 Å². The summed E-state index contributed by atoms with van der Waals surface area (Å²) in [5.41, 5.74) is 2.44. The maximum atomic E-state index is 12.7. The second-order valence-corrected chi connectivity index (χ2v) is 5.62. The Morgan fingerprint density at radius 1 is 1.35 bits per heavy atom. The summed E-state index contributed by atoms with van der Waals surface area (Å²) >= 11 is 1.20. The SMILES string of the molecule is C[C@@H]1CCN(C)c2ccccc2N1C(=O)c1csnn1. The van der Waals surface area contributed by atoms with Gasteiger partial charge in [0.25, 0.3) is 5.91 Å². The van der Waals surface area contributed by atoms with E-state index in [1.165, 1.54) is 11.5 Å². The Hall–Kier alpha value is -1.95. The van der Waals surface area contributed by atoms with Crippen molar-refractivity contribution in [1.82, 2.24) is 9.59 Å². The van der Waals surface area contributed by atoms with Crippen LogP contribution in [0.1, 0.15) is 23.8 Å². The first kappa shape index (κ1) is 13.1. The van der Waals surface area contributed by atoms with Crippen LogP contribution in [-0.4, -0.2) is 35.1 Å². The molecule has 0 saturated carbocycles. The molecule has 0 unspecified atom stereocenters. The number of aromatic nitrogens is 2. The van der Waals surface area contributed by atoms with E-state index in [2.05, 4.69) is 28.5 Å². The van der Waals surface area contributed by atoms with E-state index in [0.717, 1.165) is 24.3 Å². The molecule has 1 aliphatic rings. The van der Waals surface area contributed by atoms with Crippen LogP contribution >= 0.6 is 11.5 Å². The molecule has 20 heavy (non-hydrogen) atoms. The maximum Gasteiger partial charge on any atom is 0.280 e. The van der Waals surface area contributed by atoms with E-state index in [1.54, 1.807) is 5.38 Å². The summed E-state index contributed by atoms with van der Waals surface area (Å²) in [5, 5.41) is 5.61. The number of fused-ring (bicyclic) bond motifs is 1. The molecule has 0 bridgehead atoms. The number of carbonyl (C=O) groups excluding carboxylic acids is 1. The van der Waals surface area contributed by atoms with Gasteiger partial charge in [0.05, 0.1) is 11.4 Å². The molecule has 2 aromatic rings. The van der Waals surface area contributed by atoms with Crippen LogP contribution < -0.4 is 9.80 Å². The molecule has 2 heterocycles. The third-order valence-corrected chi connectivity index (χ3v) is 4.18. The van der Waals surface area contributed by atoms with Gasteiger partial charge in [-0.2, -0.15) is 0 Å². The van der Waals surface area contributed by atoms with Gasteiger partial charge in [0.2, 0.25) is 0 Å². The molecule has 3 rings (SSSR count). The van der Waals surface area contributed by atoms with Gasteiger partial charge in [-0.1, -0.05) is 16.6 Å². The minimum Gasteiger partial charge on any atom is -0.373 e. The number of carbonyl (C=O) groups is 1. The zero-order valence-corrected chi connectivity index (χ0v) is 12.3. The molecule has 104 valence electrons. The van der Waals surface area contributed by atoms with Crippen LogP contribution in [0.3, 0.4) is 0 Å². The smallest absolute Gasteiger partial charge is 0.280 e. The van der Waals surface area contributed by atoms with Crippen molar-refractivity contribution >= 4 is 28.8 Å². The van der Waals surface area contributed by atoms with E-state index in [0.29, 0.717) is 5.69 Å². The summed E-state index contributed by atoms with van der Waals surface area (Å²) in [6, 6.07) is 8.14. The van der Waals surface area contributed by atoms with Crippen molar-refractivity contribution in [3.05, 3.63) is 35.3 Å². The monoisotopic (exact) mass is 288 g/mol. The first-order valence-electron chi connectivity index (χ1n) is 6.59. The number of anilines is 2. The summed E-state index contributed by atoms with van der Waals surface area (Å²) in [7, 11) is 2.06. The van der Waals surface area contributed by atoms with Crippen molar-refractivity contribution in [3.63, 3.8) is 0 Å². The van der Waals surface area contributed by atoms with Crippen LogP contribution in [0.5, 0.6) is 0 Å². The molecule has 5 nitrogen and oxygen atoms in total. The van der Waals surface area contributed by atoms with Crippen LogP contribution in [0.25, 0.3) is 0 Å². The molecular weight excluding hydrogens is 272 g/mol. The molecule has 1 aliphatic heterocycles. The van der Waals surface area contributed by atoms with Gasteiger partial charge in [-0.05, 0) is 37.0 Å². The Morgan fingerprint density at radius 2 is 2.10 bits per heavy atom. The van der Waals surface area contributed by atoms with Gasteiger partial charge < -0.3 is 9.80 Å². The van der Waals surface area contributed by atoms with Crippen LogP contribution in [0, 0.1) is 0 Å². The Morgan fingerprint density at radius 3 is 2.80 bits per heavy atom. The zero-order chi connectivity index (χ0) is 14.1. The van der Waals surface area contributed by atoms with E-state index in [-0.39, 0.29) is 11.9 Å². The molecule has 1 aromatic heterocycles. The average molecular weight is 288 g/mol. The van der Waals surface area contributed by atoms with Crippen molar-refractivity contribution < 1.29 is 4.79 Å². The molecule has 0 saturated heterocycles. The molecule has 1 aromatic carbocycles. The summed E-state index contributed by atoms with van der Waals surface area (Å²) in [5.74, 6) is -0.0750. The zero-order valence-electron chi connectivity index (χ0n) is 11.5. The lowest BCUT2D eigenvalue weighted by Crippen LogP contribution is -2.38. The number of para-hydroxylation sites is 2. The quantitative estimate of drug-likeness (QED) is 0.808. The first-order valence-corrected chi connectivity index (χ1v) is 7.43. The van der Waals surface area contributed by atoms with Crippen molar-refractivity contribution in [3.8, 4) is 0 Å². The number of hydrogen-bond donors (Lipinski definition) is 0. The highest BCUT2D eigenvalue weighted by atomic mass is 32.1. The fourth-order valence-electron chi connectivity index (χ4n) is 2.55. The van der Waals surface area contributed by atoms with Gasteiger partial charge in [0, 0.05) is 25.0 Å². The van der Waals surface area contributed by atoms with Crippen LogP contribution in [0.15, 0.2) is 29.6 Å². The molecule has 6 heteroatoms. The predicted molar refractivity (Wildman–Crippen MR) is 80.5 cm³/mol. The maximum absolute atomic E-state index is 12.7. The molecule has 0 aliphatic carbocycles. The molecule has 1 amide bonds. The van der Waals surface area contributed by atoms with Crippen LogP contribution in [0.2, 0.25) is 0 Å². The molecule has 0 radical (unpaired) electrons. The predicted octanol–water partition coefficient (Wildman–Crippen LogP) is 2.41. The molecule has 0 fully saturated rings. The van der Waals surface area contributed by atoms with Gasteiger partial charge in [-0.25, -0.2) is 0 Å². The van der Waals surface area contributed by atoms with E-state index >= 15 is 0 Å². The number of benzene rings is 1. The number of amides is 1. The Kier molecular flexibility index (Phi) is 3.40. The van der Waals surface area contributed by atoms with Crippen LogP contribution in [0.4, 0.5) is 11.4 Å². The third kappa shape index (κ3) is 2.16. The molecular formula is C14H16N4OS. The highest BCUT2D eigenvalue weighted by molar-refractivity contribution is 7.03. The lowest BCUT2D eigenvalue weighted by Gasteiger charge is -2.27. The number of nitrogens with zero attached hydrogens (tertiary/aromatic N) is 4. The second-order valence-electron chi connectivity index (χ2n) is 5.01. The lowest BCUT2D eigenvalue weighted by atomic mass is 10.1. The lowest BCUT2D eigenvalue weighted by molar-refractivity contribution is 0.0973. The Bertz CT molecular complexity index is 613. The van der Waals surface area contributed by atoms with Crippen LogP contribution in [-0.2, 0) is 0 Å². The van der Waals surface area contributed by atoms with Crippen molar-refractivity contribution in [2.45, 2.75) is 19.4 Å². The van der Waals surface area contributed by atoms with Crippen molar-refractivity contribution in [1.29, 1.82) is 0 Å². The fourth-order valence-corrected chi connectivity index (χ4v) is 2.98. The third-order valence-electron chi connectivity index (χ3n) is 3.67. The molecule has 1 atom stereocenters. The summed E-state index contributed by atoms with van der Waals surface area (Å²) in [6.45, 7) is 3.00. The van der Waals surface area contributed by atoms with Crippen molar-refractivity contribution in [2.24, 2.45) is 0 Å². The summed E-state index contributed by atoms with van der Waals surface area (Å²) in [6.07, 6.45) is 0.925. The van der Waals surface area contributed by atoms with Gasteiger partial charge in [0.15, 0.2) is 5.69 Å². The first-order chi connectivity index (χ1) is 9.68. The van der Waals surface area contributed by atoms with Gasteiger partial charge >= 0.3 is 0 Å². The largest absolute Gasteiger partial charge is 0.373 e. The minimum absolute atomic E-state index is 0.0750. The summed E-state index contributed by atoms with van der Waals surface area (Å²) < 4.78 is 3.79. The summed E-state index contributed by atoms with van der Waals surface area (Å²) in [4.78, 5) is 16.7. The van der Waals surface area contributed by atoms with E-state index in [1.807, 2.05) is 29.2 Å². The minimum atomic E-state index is -0.0750. The Balaban J connectivity index is 2.08. The fraction of sp³-hybridized carbons (Fsp3) is 0.357. The number of hydrogen-bond acceptors (Lipinski definition) is 5.